The zero-order chi connectivity index (χ0) is 24.0. The van der Waals surface area contributed by atoms with Crippen LogP contribution in [0.3, 0.4) is 0 Å². The van der Waals surface area contributed by atoms with Crippen molar-refractivity contribution in [1.29, 1.82) is 0 Å². The molecule has 2 aromatic carbocycles. The van der Waals surface area contributed by atoms with E-state index in [4.69, 9.17) is 21.1 Å². The highest BCUT2D eigenvalue weighted by Gasteiger charge is 2.49. The van der Waals surface area contributed by atoms with Gasteiger partial charge in [-0.1, -0.05) is 35.9 Å². The Morgan fingerprint density at radius 2 is 1.97 bits per heavy atom. The van der Waals surface area contributed by atoms with Crippen molar-refractivity contribution >= 4 is 29.3 Å². The van der Waals surface area contributed by atoms with Crippen LogP contribution in [0.2, 0.25) is 5.02 Å². The van der Waals surface area contributed by atoms with Crippen molar-refractivity contribution in [2.24, 2.45) is 0 Å². The van der Waals surface area contributed by atoms with E-state index in [-0.39, 0.29) is 11.9 Å². The average molecular weight is 476 g/mol. The third-order valence-electron chi connectivity index (χ3n) is 6.34. The Morgan fingerprint density at radius 1 is 1.21 bits per heavy atom. The number of carbonyl (C=O) groups excluding carboxylic acids is 1. The molecule has 0 saturated carbocycles. The highest BCUT2D eigenvalue weighted by atomic mass is 35.5. The number of nitrogens with zero attached hydrogens (tertiary/aromatic N) is 3. The number of methoxy groups -OCH3 is 1. The molecule has 1 amide bonds. The molecule has 0 aliphatic carbocycles. The Bertz CT molecular complexity index is 1320. The topological polar surface area (TPSA) is 56.6 Å². The molecule has 7 heteroatoms. The number of morpholine rings is 1. The quantitative estimate of drug-likeness (QED) is 0.458. The number of fused-ring (bicyclic) bond motifs is 1. The number of aryl methyl sites for hydroxylation is 1. The van der Waals surface area contributed by atoms with Crippen molar-refractivity contribution in [1.82, 2.24) is 14.5 Å². The molecule has 1 fully saturated rings. The summed E-state index contributed by atoms with van der Waals surface area (Å²) >= 11 is 6.07. The molecule has 34 heavy (non-hydrogen) atoms. The molecule has 1 aromatic heterocycles. The molecular formula is C27H26ClN3O3. The fourth-order valence-corrected chi connectivity index (χ4v) is 4.75. The van der Waals surface area contributed by atoms with E-state index in [1.165, 1.54) is 0 Å². The van der Waals surface area contributed by atoms with Gasteiger partial charge in [-0.15, -0.1) is 0 Å². The number of amides is 1. The van der Waals surface area contributed by atoms with E-state index < -0.39 is 5.60 Å². The van der Waals surface area contributed by atoms with Crippen LogP contribution in [0, 0.1) is 6.92 Å². The van der Waals surface area contributed by atoms with Gasteiger partial charge in [0.25, 0.3) is 5.91 Å². The van der Waals surface area contributed by atoms with Crippen LogP contribution in [-0.4, -0.2) is 39.1 Å². The third-order valence-corrected chi connectivity index (χ3v) is 6.59. The van der Waals surface area contributed by atoms with Gasteiger partial charge in [-0.3, -0.25) is 9.69 Å². The van der Waals surface area contributed by atoms with Crippen LogP contribution in [0.15, 0.2) is 66.8 Å². The maximum Gasteiger partial charge on any atom is 0.293 e. The highest BCUT2D eigenvalue weighted by molar-refractivity contribution is 6.30. The second-order valence-corrected chi connectivity index (χ2v) is 9.53. The number of aromatic nitrogens is 2. The van der Waals surface area contributed by atoms with Gasteiger partial charge in [0.05, 0.1) is 30.9 Å². The predicted octanol–water partition coefficient (Wildman–Crippen LogP) is 5.63. The van der Waals surface area contributed by atoms with Crippen molar-refractivity contribution in [2.75, 3.05) is 7.11 Å². The minimum absolute atomic E-state index is 0.0794. The van der Waals surface area contributed by atoms with Crippen LogP contribution in [0.4, 0.5) is 0 Å². The molecule has 0 unspecified atom stereocenters. The highest BCUT2D eigenvalue weighted by Crippen LogP contribution is 2.43. The van der Waals surface area contributed by atoms with Gasteiger partial charge >= 0.3 is 0 Å². The Balaban J connectivity index is 1.50. The number of hydrogen-bond donors (Lipinski definition) is 0. The van der Waals surface area contributed by atoms with Crippen LogP contribution < -0.4 is 4.74 Å². The first-order valence-electron chi connectivity index (χ1n) is 11.2. The summed E-state index contributed by atoms with van der Waals surface area (Å²) in [6.07, 6.45) is 8.30. The number of ether oxygens (including phenoxy) is 2. The molecule has 3 aromatic rings. The van der Waals surface area contributed by atoms with Crippen LogP contribution in [-0.2, 0) is 9.53 Å². The average Bonchev–Trinajstić information content (AvgIpc) is 3.45. The zero-order valence-electron chi connectivity index (χ0n) is 19.6. The minimum Gasteiger partial charge on any atom is -0.495 e. The summed E-state index contributed by atoms with van der Waals surface area (Å²) in [5, 5.41) is 0.663. The van der Waals surface area contributed by atoms with Gasteiger partial charge in [-0.2, -0.15) is 0 Å². The lowest BCUT2D eigenvalue weighted by atomic mass is 9.93. The lowest BCUT2D eigenvalue weighted by Crippen LogP contribution is -2.55. The molecule has 6 nitrogen and oxygen atoms in total. The number of hydrogen-bond acceptors (Lipinski definition) is 4. The van der Waals surface area contributed by atoms with E-state index in [0.717, 1.165) is 34.6 Å². The third kappa shape index (κ3) is 3.88. The first-order valence-corrected chi connectivity index (χ1v) is 11.5. The van der Waals surface area contributed by atoms with Crippen LogP contribution in [0.1, 0.15) is 37.1 Å². The molecule has 2 aliphatic heterocycles. The van der Waals surface area contributed by atoms with Crippen LogP contribution >= 0.6 is 11.6 Å². The van der Waals surface area contributed by atoms with E-state index in [0.29, 0.717) is 16.5 Å². The largest absolute Gasteiger partial charge is 0.495 e. The minimum atomic E-state index is -0.553. The van der Waals surface area contributed by atoms with Gasteiger partial charge in [0.1, 0.15) is 11.4 Å². The maximum absolute atomic E-state index is 13.6. The van der Waals surface area contributed by atoms with Crippen molar-refractivity contribution in [3.63, 3.8) is 0 Å². The molecule has 0 bridgehead atoms. The zero-order valence-corrected chi connectivity index (χ0v) is 20.3. The Hall–Kier alpha value is -3.51. The van der Waals surface area contributed by atoms with Crippen molar-refractivity contribution in [2.45, 2.75) is 38.8 Å². The van der Waals surface area contributed by atoms with Crippen LogP contribution in [0.25, 0.3) is 17.5 Å². The molecule has 5 rings (SSSR count). The van der Waals surface area contributed by atoms with Gasteiger partial charge < -0.3 is 14.0 Å². The van der Waals surface area contributed by atoms with Crippen molar-refractivity contribution in [3.05, 3.63) is 88.7 Å². The normalized spacial score (nSPS) is 20.2. The molecule has 3 heterocycles. The molecular weight excluding hydrogens is 450 g/mol. The maximum atomic E-state index is 13.6. The Morgan fingerprint density at radius 3 is 2.65 bits per heavy atom. The van der Waals surface area contributed by atoms with Gasteiger partial charge in [-0.25, -0.2) is 4.98 Å². The second-order valence-electron chi connectivity index (χ2n) is 9.09. The molecule has 0 N–H and O–H groups in total. The van der Waals surface area contributed by atoms with Gasteiger partial charge in [0.15, 0.2) is 5.76 Å². The fraction of sp³-hybridized carbons (Fsp3) is 0.259. The van der Waals surface area contributed by atoms with Gasteiger partial charge in [-0.05, 0) is 68.7 Å². The first kappa shape index (κ1) is 22.3. The number of carbonyl (C=O) groups is 1. The molecule has 174 valence electrons. The van der Waals surface area contributed by atoms with Gasteiger partial charge in [0.2, 0.25) is 0 Å². The SMILES string of the molecule is COc1cc(/C=C2/OC(C)(C)[C@@H]3CC=C(c4ccc(Cl)cc4)N3C2=O)ccc1-n1cnc(C)c1. The smallest absolute Gasteiger partial charge is 0.293 e. The lowest BCUT2D eigenvalue weighted by Gasteiger charge is -2.44. The summed E-state index contributed by atoms with van der Waals surface area (Å²) < 4.78 is 13.8. The monoisotopic (exact) mass is 475 g/mol. The van der Waals surface area contributed by atoms with Crippen LogP contribution in [0.5, 0.6) is 5.75 Å². The second kappa shape index (κ2) is 8.37. The fourth-order valence-electron chi connectivity index (χ4n) is 4.62. The number of rotatable bonds is 4. The Kier molecular flexibility index (Phi) is 5.48. The van der Waals surface area contributed by atoms with Crippen molar-refractivity contribution in [3.8, 4) is 11.4 Å². The van der Waals surface area contributed by atoms with E-state index in [2.05, 4.69) is 11.1 Å². The van der Waals surface area contributed by atoms with Gasteiger partial charge in [0, 0.05) is 16.9 Å². The van der Waals surface area contributed by atoms with E-state index in [1.807, 2.05) is 78.9 Å². The number of halogens is 1. The molecule has 1 saturated heterocycles. The molecule has 0 radical (unpaired) electrons. The van der Waals surface area contributed by atoms with E-state index >= 15 is 0 Å². The predicted molar refractivity (Wildman–Crippen MR) is 133 cm³/mol. The summed E-state index contributed by atoms with van der Waals surface area (Å²) in [7, 11) is 1.63. The molecule has 1 atom stereocenters. The summed E-state index contributed by atoms with van der Waals surface area (Å²) in [6, 6.07) is 13.3. The van der Waals surface area contributed by atoms with E-state index in [9.17, 15) is 4.79 Å². The lowest BCUT2D eigenvalue weighted by molar-refractivity contribution is -0.147. The molecule has 2 aliphatic rings. The Labute approximate surface area is 204 Å². The summed E-state index contributed by atoms with van der Waals surface area (Å²) in [5.41, 5.74) is 3.89. The van der Waals surface area contributed by atoms with Crippen molar-refractivity contribution < 1.29 is 14.3 Å². The summed E-state index contributed by atoms with van der Waals surface area (Å²) in [5.74, 6) is 0.822. The number of benzene rings is 2. The standard InChI is InChI=1S/C27H26ClN3O3/c1-17-15-30(16-29-17)22-10-5-18(13-23(22)33-4)14-24-26(32)31-21(19-6-8-20(28)9-7-19)11-12-25(31)27(2,3)34-24/h5-11,13-16,25H,12H2,1-4H3/b24-14+/t25-/m0/s1. The summed E-state index contributed by atoms with van der Waals surface area (Å²) in [6.45, 7) is 5.98. The summed E-state index contributed by atoms with van der Waals surface area (Å²) in [4.78, 5) is 19.8. The van der Waals surface area contributed by atoms with E-state index in [1.54, 1.807) is 19.5 Å². The molecule has 0 spiro atoms. The first-order chi connectivity index (χ1) is 16.3. The number of imidazole rings is 1.